The first kappa shape index (κ1) is 39.2. The molecule has 0 aromatic heterocycles. The average Bonchev–Trinajstić information content (AvgIpc) is 2.96. The van der Waals surface area contributed by atoms with Crippen LogP contribution >= 0.6 is 0 Å². The van der Waals surface area contributed by atoms with Crippen molar-refractivity contribution in [3.8, 4) is 0 Å². The van der Waals surface area contributed by atoms with Gasteiger partial charge >= 0.3 is 0 Å². The fraction of sp³-hybridized carbons (Fsp3) is 0.842. The van der Waals surface area contributed by atoms with Crippen LogP contribution in [-0.4, -0.2) is 13.0 Å². The fourth-order valence-electron chi connectivity index (χ4n) is 6.54. The van der Waals surface area contributed by atoms with Crippen LogP contribution in [0.2, 0.25) is 0 Å². The second-order valence-corrected chi connectivity index (χ2v) is 14.4. The Bertz CT molecular complexity index is 890. The summed E-state index contributed by atoms with van der Waals surface area (Å²) >= 11 is 0. The molecule has 3 nitrogen and oxygen atoms in total. The van der Waals surface area contributed by atoms with E-state index >= 15 is 0 Å². The zero-order valence-corrected chi connectivity index (χ0v) is 29.4. The van der Waals surface area contributed by atoms with Gasteiger partial charge in [0.25, 0.3) is 10.1 Å². The largest absolute Gasteiger partial charge is 0.294 e. The second kappa shape index (κ2) is 25.5. The number of hydrogen-bond acceptors (Lipinski definition) is 2. The Morgan fingerprint density at radius 3 is 1.12 bits per heavy atom. The highest BCUT2D eigenvalue weighted by Crippen LogP contribution is 2.33. The molecule has 42 heavy (non-hydrogen) atoms. The molecule has 1 N–H and O–H groups in total. The lowest BCUT2D eigenvalue weighted by Gasteiger charge is -2.22. The standard InChI is InChI=1S/C38H70O3S/c1-5-9-13-17-21-25-29-34-33-38(42(39,40)41)37(32-28-24-20-16-12-8-4)36(31-27-23-19-15-11-7-3)35(34)30-26-22-18-14-10-6-2/h33H,5-32H2,1-4H3,(H,39,40,41). The van der Waals surface area contributed by atoms with Crippen molar-refractivity contribution in [3.05, 3.63) is 28.3 Å². The lowest BCUT2D eigenvalue weighted by molar-refractivity contribution is 0.480. The van der Waals surface area contributed by atoms with Crippen molar-refractivity contribution in [1.82, 2.24) is 0 Å². The van der Waals surface area contributed by atoms with Crippen molar-refractivity contribution in [1.29, 1.82) is 0 Å². The summed E-state index contributed by atoms with van der Waals surface area (Å²) in [6.07, 6.45) is 33.3. The van der Waals surface area contributed by atoms with Crippen molar-refractivity contribution >= 4 is 10.1 Å². The van der Waals surface area contributed by atoms with Crippen LogP contribution in [0.5, 0.6) is 0 Å². The van der Waals surface area contributed by atoms with Gasteiger partial charge in [-0.15, -0.1) is 0 Å². The van der Waals surface area contributed by atoms with Crippen molar-refractivity contribution < 1.29 is 13.0 Å². The molecule has 0 fully saturated rings. The molecule has 0 atom stereocenters. The molecule has 0 heterocycles. The van der Waals surface area contributed by atoms with Crippen LogP contribution in [0.15, 0.2) is 11.0 Å². The van der Waals surface area contributed by atoms with E-state index in [1.54, 1.807) is 0 Å². The first-order chi connectivity index (χ1) is 20.4. The molecule has 0 amide bonds. The first-order valence-electron chi connectivity index (χ1n) is 18.5. The Morgan fingerprint density at radius 2 is 0.738 bits per heavy atom. The van der Waals surface area contributed by atoms with E-state index in [-0.39, 0.29) is 4.90 Å². The van der Waals surface area contributed by atoms with Crippen molar-refractivity contribution in [2.75, 3.05) is 0 Å². The molecule has 1 aromatic carbocycles. The van der Waals surface area contributed by atoms with Gasteiger partial charge in [-0.3, -0.25) is 4.55 Å². The molecule has 0 saturated heterocycles. The van der Waals surface area contributed by atoms with E-state index in [2.05, 4.69) is 27.7 Å². The van der Waals surface area contributed by atoms with Gasteiger partial charge in [-0.2, -0.15) is 8.42 Å². The monoisotopic (exact) mass is 607 g/mol. The highest BCUT2D eigenvalue weighted by atomic mass is 32.2. The van der Waals surface area contributed by atoms with Crippen LogP contribution in [0, 0.1) is 0 Å². The number of aryl methyl sites for hydroxylation is 1. The van der Waals surface area contributed by atoms with Gasteiger partial charge < -0.3 is 0 Å². The highest BCUT2D eigenvalue weighted by molar-refractivity contribution is 7.85. The summed E-state index contributed by atoms with van der Waals surface area (Å²) in [5.41, 5.74) is 4.90. The number of rotatable bonds is 29. The third-order valence-corrected chi connectivity index (χ3v) is 10.1. The van der Waals surface area contributed by atoms with Gasteiger partial charge in [0.05, 0.1) is 4.90 Å². The quantitative estimate of drug-likeness (QED) is 0.0729. The van der Waals surface area contributed by atoms with E-state index in [1.165, 1.54) is 145 Å². The predicted molar refractivity (Wildman–Crippen MR) is 185 cm³/mol. The van der Waals surface area contributed by atoms with E-state index in [9.17, 15) is 13.0 Å². The highest BCUT2D eigenvalue weighted by Gasteiger charge is 2.24. The topological polar surface area (TPSA) is 54.4 Å². The molecule has 0 unspecified atom stereocenters. The summed E-state index contributed by atoms with van der Waals surface area (Å²) in [5, 5.41) is 0. The molecule has 0 aliphatic carbocycles. The fourth-order valence-corrected chi connectivity index (χ4v) is 7.37. The Morgan fingerprint density at radius 1 is 0.429 bits per heavy atom. The predicted octanol–water partition coefficient (Wildman–Crippen LogP) is 12.5. The van der Waals surface area contributed by atoms with Gasteiger partial charge in [-0.1, -0.05) is 156 Å². The number of hydrogen-bond donors (Lipinski definition) is 1. The van der Waals surface area contributed by atoms with Gasteiger partial charge in [0.15, 0.2) is 0 Å². The summed E-state index contributed by atoms with van der Waals surface area (Å²) in [4.78, 5) is 0.227. The molecule has 0 bridgehead atoms. The van der Waals surface area contributed by atoms with Crippen LogP contribution < -0.4 is 0 Å². The van der Waals surface area contributed by atoms with Crippen LogP contribution in [0.3, 0.4) is 0 Å². The molecule has 0 aliphatic rings. The molecule has 0 spiro atoms. The molecule has 4 heteroatoms. The molecule has 246 valence electrons. The van der Waals surface area contributed by atoms with Crippen molar-refractivity contribution in [3.63, 3.8) is 0 Å². The number of benzene rings is 1. The van der Waals surface area contributed by atoms with E-state index in [1.807, 2.05) is 6.07 Å². The van der Waals surface area contributed by atoms with Crippen molar-refractivity contribution in [2.24, 2.45) is 0 Å². The van der Waals surface area contributed by atoms with Crippen LogP contribution in [-0.2, 0) is 35.8 Å². The lowest BCUT2D eigenvalue weighted by Crippen LogP contribution is -2.13. The van der Waals surface area contributed by atoms with Crippen LogP contribution in [0.4, 0.5) is 0 Å². The molecule has 0 radical (unpaired) electrons. The second-order valence-electron chi connectivity index (χ2n) is 13.0. The van der Waals surface area contributed by atoms with Crippen LogP contribution in [0.25, 0.3) is 0 Å². The third kappa shape index (κ3) is 17.4. The van der Waals surface area contributed by atoms with E-state index in [0.29, 0.717) is 0 Å². The minimum absolute atomic E-state index is 0.227. The Balaban J connectivity index is 3.33. The smallest absolute Gasteiger partial charge is 0.282 e. The summed E-state index contributed by atoms with van der Waals surface area (Å²) in [7, 11) is -4.27. The molecule has 0 saturated carbocycles. The minimum atomic E-state index is -4.27. The van der Waals surface area contributed by atoms with Crippen molar-refractivity contribution in [2.45, 2.75) is 212 Å². The molecular formula is C38H70O3S. The Kier molecular flexibility index (Phi) is 23.7. The zero-order chi connectivity index (χ0) is 30.9. The molecule has 1 aromatic rings. The van der Waals surface area contributed by atoms with Gasteiger partial charge in [0, 0.05) is 0 Å². The molecular weight excluding hydrogens is 536 g/mol. The Hall–Kier alpha value is -0.870. The third-order valence-electron chi connectivity index (χ3n) is 9.14. The normalized spacial score (nSPS) is 11.9. The number of unbranched alkanes of at least 4 members (excludes halogenated alkanes) is 20. The maximum atomic E-state index is 12.9. The minimum Gasteiger partial charge on any atom is -0.282 e. The van der Waals surface area contributed by atoms with Gasteiger partial charge in [0.1, 0.15) is 0 Å². The van der Waals surface area contributed by atoms with Gasteiger partial charge in [-0.25, -0.2) is 0 Å². The molecule has 1 rings (SSSR count). The maximum Gasteiger partial charge on any atom is 0.294 e. The van der Waals surface area contributed by atoms with E-state index in [4.69, 9.17) is 0 Å². The first-order valence-corrected chi connectivity index (χ1v) is 20.0. The lowest BCUT2D eigenvalue weighted by atomic mass is 9.85. The zero-order valence-electron chi connectivity index (χ0n) is 28.5. The SMILES string of the molecule is CCCCCCCCc1cc(S(=O)(=O)O)c(CCCCCCCC)c(CCCCCCCC)c1CCCCCCCC. The summed E-state index contributed by atoms with van der Waals surface area (Å²) in [6.45, 7) is 9.02. The van der Waals surface area contributed by atoms with Gasteiger partial charge in [0.2, 0.25) is 0 Å². The van der Waals surface area contributed by atoms with Gasteiger partial charge in [-0.05, 0) is 79.7 Å². The van der Waals surface area contributed by atoms with Crippen LogP contribution in [0.1, 0.15) is 204 Å². The maximum absolute atomic E-state index is 12.9. The Labute approximate surface area is 263 Å². The molecule has 0 aliphatic heterocycles. The summed E-state index contributed by atoms with van der Waals surface area (Å²) < 4.78 is 36.2. The summed E-state index contributed by atoms with van der Waals surface area (Å²) in [6, 6.07) is 1.91. The average molecular weight is 607 g/mol. The van der Waals surface area contributed by atoms with E-state index in [0.717, 1.165) is 56.9 Å². The summed E-state index contributed by atoms with van der Waals surface area (Å²) in [5.74, 6) is 0. The van der Waals surface area contributed by atoms with E-state index < -0.39 is 10.1 Å².